The first-order valence-corrected chi connectivity index (χ1v) is 3.07. The molecule has 0 atom stereocenters. The Morgan fingerprint density at radius 3 is 2.30 bits per heavy atom. The molecular formula is C7H12O3. The minimum Gasteiger partial charge on any atom is -0.460 e. The molecule has 3 nitrogen and oxygen atoms in total. The van der Waals surface area contributed by atoms with Crippen LogP contribution in [0.5, 0.6) is 0 Å². The summed E-state index contributed by atoms with van der Waals surface area (Å²) >= 11 is 0. The number of rotatable bonds is 2. The maximum atomic E-state index is 10.3. The molecule has 0 saturated carbocycles. The molecule has 0 heterocycles. The molecule has 58 valence electrons. The molecule has 0 amide bonds. The highest BCUT2D eigenvalue weighted by molar-refractivity contribution is 6.20. The van der Waals surface area contributed by atoms with Gasteiger partial charge in [0.1, 0.15) is 0 Å². The van der Waals surface area contributed by atoms with Crippen LogP contribution in [0, 0.1) is 5.41 Å². The van der Waals surface area contributed by atoms with Crippen molar-refractivity contribution in [2.24, 2.45) is 5.41 Å². The summed E-state index contributed by atoms with van der Waals surface area (Å²) in [5.41, 5.74) is -0.0708. The molecular weight excluding hydrogens is 132 g/mol. The molecule has 10 heavy (non-hydrogen) atoms. The van der Waals surface area contributed by atoms with Crippen LogP contribution in [0.3, 0.4) is 0 Å². The topological polar surface area (TPSA) is 43.4 Å². The third kappa shape index (κ3) is 5.28. The summed E-state index contributed by atoms with van der Waals surface area (Å²) in [5, 5.41) is 0. The Bertz CT molecular complexity index is 132. The third-order valence-corrected chi connectivity index (χ3v) is 0.744. The van der Waals surface area contributed by atoms with E-state index >= 15 is 0 Å². The Labute approximate surface area is 60.4 Å². The molecule has 0 fully saturated rings. The predicted octanol–water partition coefficient (Wildman–Crippen LogP) is 0.775. The lowest BCUT2D eigenvalue weighted by Gasteiger charge is -2.16. The fraction of sp³-hybridized carbons (Fsp3) is 0.714. The van der Waals surface area contributed by atoms with Crippen molar-refractivity contribution in [3.63, 3.8) is 0 Å². The molecule has 0 N–H and O–H groups in total. The largest absolute Gasteiger partial charge is 0.460 e. The van der Waals surface area contributed by atoms with Gasteiger partial charge in [-0.15, -0.1) is 0 Å². The smallest absolute Gasteiger partial charge is 0.371 e. The summed E-state index contributed by atoms with van der Waals surface area (Å²) in [6.45, 7) is 6.05. The number of ether oxygens (including phenoxy) is 1. The van der Waals surface area contributed by atoms with E-state index in [1.165, 1.54) is 0 Å². The molecule has 0 aliphatic heterocycles. The minimum atomic E-state index is -0.796. The lowest BCUT2D eigenvalue weighted by atomic mass is 9.99. The monoisotopic (exact) mass is 144 g/mol. The zero-order chi connectivity index (χ0) is 8.20. The van der Waals surface area contributed by atoms with Crippen molar-refractivity contribution in [1.29, 1.82) is 0 Å². The molecule has 0 bridgehead atoms. The number of hydrogen-bond acceptors (Lipinski definition) is 3. The van der Waals surface area contributed by atoms with E-state index in [1.807, 2.05) is 20.8 Å². The van der Waals surface area contributed by atoms with Gasteiger partial charge in [0.25, 0.3) is 0 Å². The van der Waals surface area contributed by atoms with Gasteiger partial charge in [-0.05, 0) is 5.41 Å². The van der Waals surface area contributed by atoms with Gasteiger partial charge in [0.05, 0.1) is 6.61 Å². The average Bonchev–Trinajstić information content (AvgIpc) is 1.81. The first-order chi connectivity index (χ1) is 4.45. The molecule has 0 spiro atoms. The highest BCUT2D eigenvalue weighted by Crippen LogP contribution is 2.12. The Balaban J connectivity index is 3.55. The Kier molecular flexibility index (Phi) is 3.06. The molecule has 0 rings (SSSR count). The van der Waals surface area contributed by atoms with Crippen molar-refractivity contribution in [1.82, 2.24) is 0 Å². The molecule has 0 aromatic rings. The van der Waals surface area contributed by atoms with E-state index in [1.54, 1.807) is 0 Å². The van der Waals surface area contributed by atoms with Crippen molar-refractivity contribution in [3.05, 3.63) is 0 Å². The number of aldehydes is 1. The molecule has 0 aromatic heterocycles. The molecule has 0 aliphatic rings. The van der Waals surface area contributed by atoms with Gasteiger partial charge in [-0.1, -0.05) is 20.8 Å². The molecule has 0 aromatic carbocycles. The predicted molar refractivity (Wildman–Crippen MR) is 36.5 cm³/mol. The number of carbonyl (C=O) groups is 2. The summed E-state index contributed by atoms with van der Waals surface area (Å²) < 4.78 is 4.55. The van der Waals surface area contributed by atoms with Gasteiger partial charge >= 0.3 is 5.97 Å². The van der Waals surface area contributed by atoms with Crippen LogP contribution in [0.4, 0.5) is 0 Å². The maximum Gasteiger partial charge on any atom is 0.371 e. The molecule has 3 heteroatoms. The molecule has 0 aliphatic carbocycles. The summed E-state index contributed by atoms with van der Waals surface area (Å²) in [5.74, 6) is -0.796. The van der Waals surface area contributed by atoms with E-state index in [4.69, 9.17) is 0 Å². The second-order valence-corrected chi connectivity index (χ2v) is 3.29. The van der Waals surface area contributed by atoms with Gasteiger partial charge in [-0.2, -0.15) is 0 Å². The van der Waals surface area contributed by atoms with Gasteiger partial charge in [0, 0.05) is 0 Å². The van der Waals surface area contributed by atoms with Gasteiger partial charge in [-0.25, -0.2) is 4.79 Å². The summed E-state index contributed by atoms with van der Waals surface area (Å²) in [6.07, 6.45) is 0.172. The van der Waals surface area contributed by atoms with E-state index in [2.05, 4.69) is 4.74 Å². The van der Waals surface area contributed by atoms with Crippen molar-refractivity contribution in [3.8, 4) is 0 Å². The van der Waals surface area contributed by atoms with Crippen LogP contribution in [0.15, 0.2) is 0 Å². The van der Waals surface area contributed by atoms with E-state index in [-0.39, 0.29) is 18.3 Å². The van der Waals surface area contributed by atoms with Crippen LogP contribution in [0.2, 0.25) is 0 Å². The first-order valence-electron chi connectivity index (χ1n) is 3.07. The Hall–Kier alpha value is -0.860. The number of esters is 1. The van der Waals surface area contributed by atoms with Crippen LogP contribution >= 0.6 is 0 Å². The summed E-state index contributed by atoms with van der Waals surface area (Å²) in [6, 6.07) is 0. The number of carbonyl (C=O) groups excluding carboxylic acids is 2. The summed E-state index contributed by atoms with van der Waals surface area (Å²) in [7, 11) is 0. The highest BCUT2D eigenvalue weighted by atomic mass is 16.5. The zero-order valence-corrected chi connectivity index (χ0v) is 6.51. The Morgan fingerprint density at radius 2 is 2.00 bits per heavy atom. The first kappa shape index (κ1) is 9.14. The molecule has 0 radical (unpaired) electrons. The van der Waals surface area contributed by atoms with Crippen molar-refractivity contribution in [2.45, 2.75) is 20.8 Å². The van der Waals surface area contributed by atoms with Gasteiger partial charge < -0.3 is 4.74 Å². The SMILES string of the molecule is CC(C)(C)COC(=O)C=O. The lowest BCUT2D eigenvalue weighted by Crippen LogP contribution is -2.18. The van der Waals surface area contributed by atoms with E-state index < -0.39 is 5.97 Å². The Morgan fingerprint density at radius 1 is 1.50 bits per heavy atom. The average molecular weight is 144 g/mol. The normalized spacial score (nSPS) is 10.7. The molecule has 0 unspecified atom stereocenters. The number of hydrogen-bond donors (Lipinski definition) is 0. The van der Waals surface area contributed by atoms with Crippen LogP contribution in [0.25, 0.3) is 0 Å². The van der Waals surface area contributed by atoms with Crippen molar-refractivity contribution >= 4 is 12.3 Å². The van der Waals surface area contributed by atoms with Crippen LogP contribution < -0.4 is 0 Å². The quantitative estimate of drug-likeness (QED) is 0.326. The molecule has 0 saturated heterocycles. The van der Waals surface area contributed by atoms with Gasteiger partial charge in [-0.3, -0.25) is 4.79 Å². The van der Waals surface area contributed by atoms with Crippen molar-refractivity contribution in [2.75, 3.05) is 6.61 Å². The summed E-state index contributed by atoms with van der Waals surface area (Å²) in [4.78, 5) is 20.0. The second-order valence-electron chi connectivity index (χ2n) is 3.29. The van der Waals surface area contributed by atoms with E-state index in [0.29, 0.717) is 0 Å². The van der Waals surface area contributed by atoms with Crippen molar-refractivity contribution < 1.29 is 14.3 Å². The third-order valence-electron chi connectivity index (χ3n) is 0.744. The van der Waals surface area contributed by atoms with Gasteiger partial charge in [0.2, 0.25) is 6.29 Å². The van der Waals surface area contributed by atoms with E-state index in [0.717, 1.165) is 0 Å². The standard InChI is InChI=1S/C7H12O3/c1-7(2,3)5-10-6(9)4-8/h4H,5H2,1-3H3. The second kappa shape index (κ2) is 3.34. The highest BCUT2D eigenvalue weighted by Gasteiger charge is 2.12. The van der Waals surface area contributed by atoms with Gasteiger partial charge in [0.15, 0.2) is 0 Å². The van der Waals surface area contributed by atoms with E-state index in [9.17, 15) is 9.59 Å². The zero-order valence-electron chi connectivity index (χ0n) is 6.51. The minimum absolute atomic E-state index is 0.0708. The fourth-order valence-corrected chi connectivity index (χ4v) is 0.322. The maximum absolute atomic E-state index is 10.3. The van der Waals surface area contributed by atoms with Crippen LogP contribution in [0.1, 0.15) is 20.8 Å². The van der Waals surface area contributed by atoms with Crippen LogP contribution in [-0.2, 0) is 14.3 Å². The fourth-order valence-electron chi connectivity index (χ4n) is 0.322. The van der Waals surface area contributed by atoms with Crippen LogP contribution in [-0.4, -0.2) is 18.9 Å². The lowest BCUT2D eigenvalue weighted by molar-refractivity contribution is -0.150.